The van der Waals surface area contributed by atoms with E-state index in [-0.39, 0.29) is 10.6 Å². The summed E-state index contributed by atoms with van der Waals surface area (Å²) in [5.41, 5.74) is 6.92. The lowest BCUT2D eigenvalue weighted by molar-refractivity contribution is 0.196. The van der Waals surface area contributed by atoms with Gasteiger partial charge in [-0.2, -0.15) is 0 Å². The van der Waals surface area contributed by atoms with Crippen LogP contribution in [0.5, 0.6) is 0 Å². The van der Waals surface area contributed by atoms with Gasteiger partial charge in [-0.1, -0.05) is 0 Å². The van der Waals surface area contributed by atoms with Crippen molar-refractivity contribution < 1.29 is 13.2 Å². The smallest absolute Gasteiger partial charge is 0.242 e. The number of nitrogens with two attached hydrogens (primary N) is 1. The Bertz CT molecular complexity index is 517. The van der Waals surface area contributed by atoms with Crippen LogP contribution < -0.4 is 15.4 Å². The van der Waals surface area contributed by atoms with E-state index in [1.807, 2.05) is 11.9 Å². The van der Waals surface area contributed by atoms with Crippen LogP contribution >= 0.6 is 0 Å². The Labute approximate surface area is 114 Å². The predicted molar refractivity (Wildman–Crippen MR) is 76.9 cm³/mol. The van der Waals surface area contributed by atoms with Gasteiger partial charge < -0.3 is 15.4 Å². The van der Waals surface area contributed by atoms with Crippen LogP contribution in [-0.2, 0) is 14.8 Å². The molecule has 0 aromatic heterocycles. The van der Waals surface area contributed by atoms with E-state index in [2.05, 4.69) is 4.72 Å². The average Bonchev–Trinajstić information content (AvgIpc) is 2.38. The zero-order chi connectivity index (χ0) is 14.5. The van der Waals surface area contributed by atoms with Gasteiger partial charge in [0.2, 0.25) is 10.0 Å². The summed E-state index contributed by atoms with van der Waals surface area (Å²) in [6.45, 7) is 1.50. The summed E-state index contributed by atoms with van der Waals surface area (Å²) in [4.78, 5) is 2.11. The molecule has 19 heavy (non-hydrogen) atoms. The minimum absolute atomic E-state index is 0.101. The lowest BCUT2D eigenvalue weighted by Gasteiger charge is -2.20. The fraction of sp³-hybridized carbons (Fsp3) is 0.500. The van der Waals surface area contributed by atoms with Crippen molar-refractivity contribution in [1.29, 1.82) is 0 Å². The van der Waals surface area contributed by atoms with Gasteiger partial charge in [-0.25, -0.2) is 13.1 Å². The fourth-order valence-electron chi connectivity index (χ4n) is 1.70. The van der Waals surface area contributed by atoms with Gasteiger partial charge in [0.1, 0.15) is 4.90 Å². The van der Waals surface area contributed by atoms with Crippen LogP contribution in [0.2, 0.25) is 0 Å². The van der Waals surface area contributed by atoms with E-state index in [1.54, 1.807) is 19.2 Å². The topological polar surface area (TPSA) is 84.7 Å². The molecule has 0 atom stereocenters. The van der Waals surface area contributed by atoms with Crippen molar-refractivity contribution in [2.24, 2.45) is 0 Å². The van der Waals surface area contributed by atoms with Crippen molar-refractivity contribution in [3.05, 3.63) is 18.2 Å². The summed E-state index contributed by atoms with van der Waals surface area (Å²) in [6.07, 6.45) is 0.892. The highest BCUT2D eigenvalue weighted by Gasteiger charge is 2.15. The first-order valence-electron chi connectivity index (χ1n) is 5.95. The number of ether oxygens (including phenoxy) is 1. The molecule has 0 aliphatic rings. The lowest BCUT2D eigenvalue weighted by atomic mass is 10.2. The van der Waals surface area contributed by atoms with E-state index < -0.39 is 10.0 Å². The molecular formula is C12H21N3O3S. The molecule has 0 heterocycles. The number of nitrogens with one attached hydrogen (secondary N) is 1. The molecule has 0 spiro atoms. The van der Waals surface area contributed by atoms with E-state index in [9.17, 15) is 8.42 Å². The monoisotopic (exact) mass is 287 g/mol. The van der Waals surface area contributed by atoms with Crippen LogP contribution in [0.3, 0.4) is 0 Å². The summed E-state index contributed by atoms with van der Waals surface area (Å²) >= 11 is 0. The summed E-state index contributed by atoms with van der Waals surface area (Å²) in [7, 11) is 1.44. The summed E-state index contributed by atoms with van der Waals surface area (Å²) in [6, 6.07) is 4.92. The molecule has 6 nitrogen and oxygen atoms in total. The van der Waals surface area contributed by atoms with Gasteiger partial charge in [0.25, 0.3) is 0 Å². The molecule has 0 saturated carbocycles. The third-order valence-electron chi connectivity index (χ3n) is 2.83. The first-order chi connectivity index (χ1) is 8.92. The summed E-state index contributed by atoms with van der Waals surface area (Å²) in [5, 5.41) is 0. The van der Waals surface area contributed by atoms with Gasteiger partial charge in [-0.3, -0.25) is 0 Å². The maximum Gasteiger partial charge on any atom is 0.242 e. The van der Waals surface area contributed by atoms with Gasteiger partial charge in [0, 0.05) is 33.0 Å². The molecule has 108 valence electrons. The van der Waals surface area contributed by atoms with Crippen molar-refractivity contribution in [3.8, 4) is 0 Å². The first kappa shape index (κ1) is 15.7. The van der Waals surface area contributed by atoms with Crippen molar-refractivity contribution in [3.63, 3.8) is 0 Å². The second-order valence-electron chi connectivity index (χ2n) is 4.20. The second-order valence-corrected chi connectivity index (χ2v) is 6.05. The third kappa shape index (κ3) is 4.09. The van der Waals surface area contributed by atoms with Crippen molar-refractivity contribution in [1.82, 2.24) is 4.72 Å². The van der Waals surface area contributed by atoms with Crippen molar-refractivity contribution >= 4 is 21.4 Å². The maximum absolute atomic E-state index is 11.7. The molecule has 0 saturated heterocycles. The molecule has 1 aromatic carbocycles. The highest BCUT2D eigenvalue weighted by molar-refractivity contribution is 7.89. The molecule has 0 radical (unpaired) electrons. The van der Waals surface area contributed by atoms with Crippen LogP contribution in [-0.4, -0.2) is 42.8 Å². The number of hydrogen-bond donors (Lipinski definition) is 2. The zero-order valence-electron chi connectivity index (χ0n) is 11.5. The Hall–Kier alpha value is -1.31. The Morgan fingerprint density at radius 1 is 1.42 bits per heavy atom. The molecule has 0 unspecified atom stereocenters. The largest absolute Gasteiger partial charge is 0.398 e. The standard InChI is InChI=1S/C12H21N3O3S/c1-14-19(16,17)12-6-5-10(9-11(12)13)15(2)7-4-8-18-3/h5-6,9,14H,4,7-8,13H2,1-3H3. The normalized spacial score (nSPS) is 11.5. The molecule has 0 amide bonds. The van der Waals surface area contributed by atoms with E-state index in [0.717, 1.165) is 18.7 Å². The Morgan fingerprint density at radius 2 is 2.11 bits per heavy atom. The van der Waals surface area contributed by atoms with Gasteiger partial charge in [0.05, 0.1) is 5.69 Å². The minimum atomic E-state index is -3.51. The van der Waals surface area contributed by atoms with Crippen molar-refractivity contribution in [2.75, 3.05) is 45.0 Å². The molecule has 1 aromatic rings. The van der Waals surface area contributed by atoms with Crippen LogP contribution in [0.25, 0.3) is 0 Å². The van der Waals surface area contributed by atoms with Crippen LogP contribution in [0.4, 0.5) is 11.4 Å². The second kappa shape index (κ2) is 6.74. The molecule has 7 heteroatoms. The Kier molecular flexibility index (Phi) is 5.59. The highest BCUT2D eigenvalue weighted by atomic mass is 32.2. The van der Waals surface area contributed by atoms with Crippen LogP contribution in [0.1, 0.15) is 6.42 Å². The molecule has 0 aliphatic carbocycles. The number of anilines is 2. The zero-order valence-corrected chi connectivity index (χ0v) is 12.3. The molecule has 0 aliphatic heterocycles. The third-order valence-corrected chi connectivity index (χ3v) is 4.32. The van der Waals surface area contributed by atoms with E-state index in [0.29, 0.717) is 6.61 Å². The molecule has 1 rings (SSSR count). The van der Waals surface area contributed by atoms with Gasteiger partial charge in [-0.15, -0.1) is 0 Å². The lowest BCUT2D eigenvalue weighted by Crippen LogP contribution is -2.22. The number of nitrogens with zero attached hydrogens (tertiary/aromatic N) is 1. The molecule has 0 fully saturated rings. The SMILES string of the molecule is CNS(=O)(=O)c1ccc(N(C)CCCOC)cc1N. The molecular weight excluding hydrogens is 266 g/mol. The van der Waals surface area contributed by atoms with Gasteiger partial charge in [0.15, 0.2) is 0 Å². The average molecular weight is 287 g/mol. The fourth-order valence-corrected chi connectivity index (χ4v) is 2.54. The minimum Gasteiger partial charge on any atom is -0.398 e. The van der Waals surface area contributed by atoms with Gasteiger partial charge in [-0.05, 0) is 31.7 Å². The summed E-state index contributed by atoms with van der Waals surface area (Å²) in [5.74, 6) is 0. The first-order valence-corrected chi connectivity index (χ1v) is 7.44. The number of nitrogen functional groups attached to an aromatic ring is 1. The number of hydrogen-bond acceptors (Lipinski definition) is 5. The van der Waals surface area contributed by atoms with Crippen LogP contribution in [0.15, 0.2) is 23.1 Å². The maximum atomic E-state index is 11.7. The number of benzene rings is 1. The van der Waals surface area contributed by atoms with Crippen LogP contribution in [0, 0.1) is 0 Å². The Morgan fingerprint density at radius 3 is 2.63 bits per heavy atom. The van der Waals surface area contributed by atoms with E-state index in [1.165, 1.54) is 13.1 Å². The van der Waals surface area contributed by atoms with Gasteiger partial charge >= 0.3 is 0 Å². The predicted octanol–water partition coefficient (Wildman–Crippen LogP) is 0.650. The number of sulfonamides is 1. The van der Waals surface area contributed by atoms with Crippen molar-refractivity contribution in [2.45, 2.75) is 11.3 Å². The number of rotatable bonds is 7. The number of methoxy groups -OCH3 is 1. The van der Waals surface area contributed by atoms with E-state index in [4.69, 9.17) is 10.5 Å². The highest BCUT2D eigenvalue weighted by Crippen LogP contribution is 2.24. The molecule has 3 N–H and O–H groups in total. The quantitative estimate of drug-likeness (QED) is 0.568. The van der Waals surface area contributed by atoms with E-state index >= 15 is 0 Å². The summed E-state index contributed by atoms with van der Waals surface area (Å²) < 4.78 is 30.6. The molecule has 0 bridgehead atoms. The Balaban J connectivity index is 2.88.